The fourth-order valence-corrected chi connectivity index (χ4v) is 2.14. The first-order valence-corrected chi connectivity index (χ1v) is 7.07. The van der Waals surface area contributed by atoms with Gasteiger partial charge in [-0.15, -0.1) is 0 Å². The van der Waals surface area contributed by atoms with Crippen LogP contribution < -0.4 is 11.1 Å². The third-order valence-corrected chi connectivity index (χ3v) is 3.53. The van der Waals surface area contributed by atoms with Gasteiger partial charge in [-0.25, -0.2) is 0 Å². The Kier molecular flexibility index (Phi) is 4.45. The highest BCUT2D eigenvalue weighted by Gasteiger charge is 2.27. The average Bonchev–Trinajstić information content (AvgIpc) is 2.99. The monoisotopic (exact) mass is 280 g/mol. The number of carbonyl (C=O) groups is 1. The van der Waals surface area contributed by atoms with Crippen molar-refractivity contribution in [2.75, 3.05) is 11.9 Å². The third kappa shape index (κ3) is 3.80. The van der Waals surface area contributed by atoms with Crippen molar-refractivity contribution in [1.82, 2.24) is 9.78 Å². The minimum Gasteiger partial charge on any atom is -0.376 e. The van der Waals surface area contributed by atoms with Crippen LogP contribution in [0.5, 0.6) is 0 Å². The zero-order valence-corrected chi connectivity index (χ0v) is 12.4. The van der Waals surface area contributed by atoms with Crippen molar-refractivity contribution < 1.29 is 9.53 Å². The van der Waals surface area contributed by atoms with Gasteiger partial charge < -0.3 is 15.8 Å². The van der Waals surface area contributed by atoms with Crippen molar-refractivity contribution >= 4 is 11.6 Å². The summed E-state index contributed by atoms with van der Waals surface area (Å²) >= 11 is 0. The van der Waals surface area contributed by atoms with Crippen LogP contribution in [-0.2, 0) is 16.1 Å². The minimum absolute atomic E-state index is 0.186. The summed E-state index contributed by atoms with van der Waals surface area (Å²) in [7, 11) is 0. The van der Waals surface area contributed by atoms with Crippen molar-refractivity contribution in [3.8, 4) is 0 Å². The predicted molar refractivity (Wildman–Crippen MR) is 77.3 cm³/mol. The Bertz CT molecular complexity index is 458. The highest BCUT2D eigenvalue weighted by atomic mass is 16.5. The smallest absolute Gasteiger partial charge is 0.241 e. The molecule has 1 aliphatic rings. The van der Waals surface area contributed by atoms with E-state index in [1.54, 1.807) is 10.9 Å². The molecule has 2 heterocycles. The molecular weight excluding hydrogens is 256 g/mol. The molecule has 1 saturated heterocycles. The molecule has 1 aromatic rings. The van der Waals surface area contributed by atoms with Gasteiger partial charge in [0, 0.05) is 12.8 Å². The molecule has 0 saturated carbocycles. The van der Waals surface area contributed by atoms with E-state index in [2.05, 4.69) is 10.4 Å². The van der Waals surface area contributed by atoms with Crippen molar-refractivity contribution in [2.45, 2.75) is 52.3 Å². The summed E-state index contributed by atoms with van der Waals surface area (Å²) in [6.07, 6.45) is 5.86. The second-order valence-electron chi connectivity index (χ2n) is 6.42. The largest absolute Gasteiger partial charge is 0.376 e. The number of carbonyl (C=O) groups excluding carboxylic acids is 1. The highest BCUT2D eigenvalue weighted by molar-refractivity contribution is 5.94. The van der Waals surface area contributed by atoms with Gasteiger partial charge in [-0.05, 0) is 18.3 Å². The van der Waals surface area contributed by atoms with Crippen LogP contribution in [0.3, 0.4) is 0 Å². The quantitative estimate of drug-likeness (QED) is 0.872. The first-order chi connectivity index (χ1) is 9.36. The molecule has 6 heteroatoms. The molecule has 0 aromatic carbocycles. The first kappa shape index (κ1) is 15.0. The van der Waals surface area contributed by atoms with Gasteiger partial charge >= 0.3 is 0 Å². The molecule has 1 fully saturated rings. The van der Waals surface area contributed by atoms with Crippen LogP contribution in [0, 0.1) is 5.41 Å². The Balaban J connectivity index is 1.90. The van der Waals surface area contributed by atoms with E-state index >= 15 is 0 Å². The molecule has 0 radical (unpaired) electrons. The second kappa shape index (κ2) is 5.93. The minimum atomic E-state index is -0.552. The van der Waals surface area contributed by atoms with E-state index < -0.39 is 6.04 Å². The van der Waals surface area contributed by atoms with Gasteiger partial charge in [0.25, 0.3) is 0 Å². The average molecular weight is 280 g/mol. The van der Waals surface area contributed by atoms with Crippen LogP contribution in [0.1, 0.15) is 33.6 Å². The number of nitrogens with two attached hydrogens (primary N) is 1. The summed E-state index contributed by atoms with van der Waals surface area (Å²) < 4.78 is 7.36. The number of nitrogens with zero attached hydrogens (tertiary/aromatic N) is 2. The van der Waals surface area contributed by atoms with E-state index in [4.69, 9.17) is 10.5 Å². The number of anilines is 1. The van der Waals surface area contributed by atoms with Crippen LogP contribution >= 0.6 is 0 Å². The Hall–Kier alpha value is -1.40. The normalized spacial score (nSPS) is 20.9. The Morgan fingerprint density at radius 3 is 3.00 bits per heavy atom. The second-order valence-corrected chi connectivity index (χ2v) is 6.42. The van der Waals surface area contributed by atoms with Crippen LogP contribution in [0.15, 0.2) is 12.4 Å². The van der Waals surface area contributed by atoms with Gasteiger partial charge in [0.1, 0.15) is 0 Å². The summed E-state index contributed by atoms with van der Waals surface area (Å²) in [5.74, 6) is -0.186. The van der Waals surface area contributed by atoms with E-state index in [9.17, 15) is 4.79 Å². The molecule has 1 amide bonds. The SMILES string of the molecule is CC(C)(C)C(N)C(=O)Nc1cnn(CC2CCCO2)c1. The van der Waals surface area contributed by atoms with E-state index in [1.165, 1.54) is 0 Å². The summed E-state index contributed by atoms with van der Waals surface area (Å²) in [5, 5.41) is 7.04. The molecule has 0 bridgehead atoms. The van der Waals surface area contributed by atoms with Crippen LogP contribution in [0.4, 0.5) is 5.69 Å². The van der Waals surface area contributed by atoms with E-state index in [1.807, 2.05) is 27.0 Å². The van der Waals surface area contributed by atoms with Gasteiger partial charge in [-0.2, -0.15) is 5.10 Å². The Labute approximate surface area is 119 Å². The molecule has 2 unspecified atom stereocenters. The maximum absolute atomic E-state index is 12.0. The molecular formula is C14H24N4O2. The van der Waals surface area contributed by atoms with Crippen molar-refractivity contribution in [2.24, 2.45) is 11.1 Å². The number of ether oxygens (including phenoxy) is 1. The number of rotatable bonds is 4. The molecule has 0 aliphatic carbocycles. The lowest BCUT2D eigenvalue weighted by Crippen LogP contribution is -2.45. The Morgan fingerprint density at radius 1 is 1.65 bits per heavy atom. The molecule has 0 spiro atoms. The van der Waals surface area contributed by atoms with Crippen molar-refractivity contribution in [1.29, 1.82) is 0 Å². The van der Waals surface area contributed by atoms with Gasteiger partial charge in [-0.3, -0.25) is 9.48 Å². The lowest BCUT2D eigenvalue weighted by Gasteiger charge is -2.25. The first-order valence-electron chi connectivity index (χ1n) is 7.07. The van der Waals surface area contributed by atoms with Crippen LogP contribution in [-0.4, -0.2) is 34.4 Å². The third-order valence-electron chi connectivity index (χ3n) is 3.53. The van der Waals surface area contributed by atoms with Crippen LogP contribution in [0.2, 0.25) is 0 Å². The molecule has 6 nitrogen and oxygen atoms in total. The lowest BCUT2D eigenvalue weighted by atomic mass is 9.87. The molecule has 3 N–H and O–H groups in total. The number of amides is 1. The summed E-state index contributed by atoms with van der Waals surface area (Å²) in [5.41, 5.74) is 6.33. The molecule has 112 valence electrons. The number of aromatic nitrogens is 2. The zero-order valence-electron chi connectivity index (χ0n) is 12.4. The van der Waals surface area contributed by atoms with Gasteiger partial charge in [-0.1, -0.05) is 20.8 Å². The molecule has 20 heavy (non-hydrogen) atoms. The van der Waals surface area contributed by atoms with E-state index in [0.717, 1.165) is 26.0 Å². The summed E-state index contributed by atoms with van der Waals surface area (Å²) in [4.78, 5) is 12.0. The topological polar surface area (TPSA) is 82.2 Å². The molecule has 2 rings (SSSR count). The summed E-state index contributed by atoms with van der Waals surface area (Å²) in [6.45, 7) is 7.38. The van der Waals surface area contributed by atoms with Crippen molar-refractivity contribution in [3.63, 3.8) is 0 Å². The maximum Gasteiger partial charge on any atom is 0.241 e. The van der Waals surface area contributed by atoms with Gasteiger partial charge in [0.15, 0.2) is 0 Å². The molecule has 2 atom stereocenters. The fraction of sp³-hybridized carbons (Fsp3) is 0.714. The Morgan fingerprint density at radius 2 is 2.40 bits per heavy atom. The number of nitrogens with one attached hydrogen (secondary N) is 1. The highest BCUT2D eigenvalue weighted by Crippen LogP contribution is 2.19. The van der Waals surface area contributed by atoms with E-state index in [0.29, 0.717) is 5.69 Å². The summed E-state index contributed by atoms with van der Waals surface area (Å²) in [6, 6.07) is -0.552. The zero-order chi connectivity index (χ0) is 14.8. The fourth-order valence-electron chi connectivity index (χ4n) is 2.14. The number of hydrogen-bond donors (Lipinski definition) is 2. The standard InChI is InChI=1S/C14H24N4O2/c1-14(2,3)12(15)13(19)17-10-7-16-18(8-10)9-11-5-4-6-20-11/h7-8,11-12H,4-6,9,15H2,1-3H3,(H,17,19). The van der Waals surface area contributed by atoms with Crippen molar-refractivity contribution in [3.05, 3.63) is 12.4 Å². The van der Waals surface area contributed by atoms with Gasteiger partial charge in [0.05, 0.1) is 30.6 Å². The van der Waals surface area contributed by atoms with Gasteiger partial charge in [0.2, 0.25) is 5.91 Å². The maximum atomic E-state index is 12.0. The lowest BCUT2D eigenvalue weighted by molar-refractivity contribution is -0.119. The van der Waals surface area contributed by atoms with Crippen LogP contribution in [0.25, 0.3) is 0 Å². The molecule has 1 aliphatic heterocycles. The molecule has 1 aromatic heterocycles. The number of hydrogen-bond acceptors (Lipinski definition) is 4. The predicted octanol–water partition coefficient (Wildman–Crippen LogP) is 1.37. The van der Waals surface area contributed by atoms with E-state index in [-0.39, 0.29) is 17.4 Å².